The number of rotatable bonds is 6. The topological polar surface area (TPSA) is 64.3 Å². The highest BCUT2D eigenvalue weighted by Crippen LogP contribution is 2.23. The van der Waals surface area contributed by atoms with Gasteiger partial charge in [0.2, 0.25) is 5.91 Å². The second-order valence-corrected chi connectivity index (χ2v) is 3.85. The fourth-order valence-electron chi connectivity index (χ4n) is 1.32. The maximum Gasteiger partial charge on any atom is 0.241 e. The lowest BCUT2D eigenvalue weighted by atomic mass is 10.2. The van der Waals surface area contributed by atoms with E-state index in [4.69, 9.17) is 10.5 Å². The average molecular weight is 273 g/mol. The Morgan fingerprint density at radius 1 is 1.39 bits per heavy atom. The van der Waals surface area contributed by atoms with E-state index in [-0.39, 0.29) is 18.3 Å². The molecule has 0 unspecified atom stereocenters. The van der Waals surface area contributed by atoms with Crippen molar-refractivity contribution in [2.45, 2.75) is 32.7 Å². The van der Waals surface area contributed by atoms with Crippen LogP contribution in [-0.4, -0.2) is 18.6 Å². The highest BCUT2D eigenvalue weighted by molar-refractivity contribution is 5.95. The van der Waals surface area contributed by atoms with Gasteiger partial charge < -0.3 is 15.8 Å². The average Bonchev–Trinajstić information content (AvgIpc) is 2.36. The van der Waals surface area contributed by atoms with E-state index < -0.39 is 6.04 Å². The largest absolute Gasteiger partial charge is 0.491 e. The van der Waals surface area contributed by atoms with Gasteiger partial charge in [-0.05, 0) is 25.0 Å². The normalized spacial score (nSPS) is 11.3. The summed E-state index contributed by atoms with van der Waals surface area (Å²) in [6.07, 6.45) is 1.54. The SMILES string of the molecule is CCCOc1ccccc1NC(=O)[C@@H](N)CC.Cl. The van der Waals surface area contributed by atoms with Crippen molar-refractivity contribution in [3.05, 3.63) is 24.3 Å². The van der Waals surface area contributed by atoms with Gasteiger partial charge in [-0.2, -0.15) is 0 Å². The second kappa shape index (κ2) is 8.78. The number of amides is 1. The van der Waals surface area contributed by atoms with E-state index in [1.807, 2.05) is 38.1 Å². The number of benzene rings is 1. The van der Waals surface area contributed by atoms with Gasteiger partial charge in [-0.3, -0.25) is 4.79 Å². The molecule has 1 amide bonds. The van der Waals surface area contributed by atoms with Gasteiger partial charge in [0.1, 0.15) is 5.75 Å². The smallest absolute Gasteiger partial charge is 0.241 e. The highest BCUT2D eigenvalue weighted by Gasteiger charge is 2.13. The first-order valence-corrected chi connectivity index (χ1v) is 5.97. The zero-order valence-electron chi connectivity index (χ0n) is 10.8. The zero-order valence-corrected chi connectivity index (χ0v) is 11.6. The van der Waals surface area contributed by atoms with Gasteiger partial charge in [0.15, 0.2) is 0 Å². The number of hydrogen-bond donors (Lipinski definition) is 2. The lowest BCUT2D eigenvalue weighted by Crippen LogP contribution is -2.34. The van der Waals surface area contributed by atoms with Crippen molar-refractivity contribution in [3.8, 4) is 5.75 Å². The molecule has 0 aliphatic heterocycles. The molecular formula is C13H21ClN2O2. The monoisotopic (exact) mass is 272 g/mol. The second-order valence-electron chi connectivity index (χ2n) is 3.85. The minimum absolute atomic E-state index is 0. The first kappa shape index (κ1) is 16.7. The van der Waals surface area contributed by atoms with E-state index in [2.05, 4.69) is 5.32 Å². The van der Waals surface area contributed by atoms with Crippen LogP contribution in [0.1, 0.15) is 26.7 Å². The van der Waals surface area contributed by atoms with Crippen LogP contribution in [-0.2, 0) is 4.79 Å². The molecule has 5 heteroatoms. The van der Waals surface area contributed by atoms with Crippen LogP contribution in [0, 0.1) is 0 Å². The number of halogens is 1. The maximum atomic E-state index is 11.7. The Kier molecular flexibility index (Phi) is 8.16. The molecule has 0 spiro atoms. The van der Waals surface area contributed by atoms with Crippen LogP contribution in [0.5, 0.6) is 5.75 Å². The summed E-state index contributed by atoms with van der Waals surface area (Å²) in [6.45, 7) is 4.55. The molecule has 0 fully saturated rings. The van der Waals surface area contributed by atoms with Crippen LogP contribution in [0.4, 0.5) is 5.69 Å². The van der Waals surface area contributed by atoms with Crippen LogP contribution >= 0.6 is 12.4 Å². The number of carbonyl (C=O) groups excluding carboxylic acids is 1. The van der Waals surface area contributed by atoms with Crippen molar-refractivity contribution in [2.75, 3.05) is 11.9 Å². The van der Waals surface area contributed by atoms with Crippen LogP contribution in [0.15, 0.2) is 24.3 Å². The molecule has 1 aromatic rings. The minimum Gasteiger partial charge on any atom is -0.491 e. The number of nitrogens with one attached hydrogen (secondary N) is 1. The number of anilines is 1. The van der Waals surface area contributed by atoms with Crippen molar-refractivity contribution >= 4 is 24.0 Å². The summed E-state index contributed by atoms with van der Waals surface area (Å²) in [7, 11) is 0. The van der Waals surface area contributed by atoms with Crippen molar-refractivity contribution < 1.29 is 9.53 Å². The molecule has 3 N–H and O–H groups in total. The molecule has 0 aliphatic rings. The van der Waals surface area contributed by atoms with Gasteiger partial charge in [0, 0.05) is 0 Å². The molecule has 0 radical (unpaired) electrons. The highest BCUT2D eigenvalue weighted by atomic mass is 35.5. The number of nitrogens with two attached hydrogens (primary N) is 1. The predicted octanol–water partition coefficient (Wildman–Crippen LogP) is 2.57. The van der Waals surface area contributed by atoms with Crippen LogP contribution in [0.2, 0.25) is 0 Å². The molecule has 18 heavy (non-hydrogen) atoms. The zero-order chi connectivity index (χ0) is 12.7. The van der Waals surface area contributed by atoms with E-state index in [1.54, 1.807) is 0 Å². The predicted molar refractivity (Wildman–Crippen MR) is 76.4 cm³/mol. The maximum absolute atomic E-state index is 11.7. The summed E-state index contributed by atoms with van der Waals surface area (Å²) in [5.41, 5.74) is 6.34. The van der Waals surface area contributed by atoms with E-state index in [0.29, 0.717) is 24.5 Å². The van der Waals surface area contributed by atoms with E-state index in [9.17, 15) is 4.79 Å². The number of carbonyl (C=O) groups is 1. The molecule has 0 aliphatic carbocycles. The third-order valence-corrected chi connectivity index (χ3v) is 2.38. The molecule has 0 bridgehead atoms. The lowest BCUT2D eigenvalue weighted by Gasteiger charge is -2.14. The molecule has 4 nitrogen and oxygen atoms in total. The van der Waals surface area contributed by atoms with Gasteiger partial charge >= 0.3 is 0 Å². The number of ether oxygens (including phenoxy) is 1. The first-order chi connectivity index (χ1) is 8.19. The van der Waals surface area contributed by atoms with E-state index >= 15 is 0 Å². The summed E-state index contributed by atoms with van der Waals surface area (Å²) in [5.74, 6) is 0.506. The third kappa shape index (κ3) is 4.94. The summed E-state index contributed by atoms with van der Waals surface area (Å²) in [5, 5.41) is 2.78. The van der Waals surface area contributed by atoms with Gasteiger partial charge in [-0.25, -0.2) is 0 Å². The van der Waals surface area contributed by atoms with Gasteiger partial charge in [0.25, 0.3) is 0 Å². The fraction of sp³-hybridized carbons (Fsp3) is 0.462. The molecule has 0 saturated carbocycles. The molecule has 1 rings (SSSR count). The van der Waals surface area contributed by atoms with Crippen LogP contribution in [0.3, 0.4) is 0 Å². The van der Waals surface area contributed by atoms with Crippen LogP contribution in [0.25, 0.3) is 0 Å². The fourth-order valence-corrected chi connectivity index (χ4v) is 1.32. The standard InChI is InChI=1S/C13H20N2O2.ClH/c1-3-9-17-12-8-6-5-7-11(12)15-13(16)10(14)4-2;/h5-8,10H,3-4,9,14H2,1-2H3,(H,15,16);1H/t10-;/m0./s1. The van der Waals surface area contributed by atoms with Gasteiger partial charge in [-0.1, -0.05) is 26.0 Å². The number of para-hydroxylation sites is 2. The molecule has 1 aromatic carbocycles. The lowest BCUT2D eigenvalue weighted by molar-refractivity contribution is -0.117. The van der Waals surface area contributed by atoms with Crippen molar-refractivity contribution in [1.29, 1.82) is 0 Å². The molecular weight excluding hydrogens is 252 g/mol. The van der Waals surface area contributed by atoms with Crippen molar-refractivity contribution in [2.24, 2.45) is 5.73 Å². The third-order valence-electron chi connectivity index (χ3n) is 2.38. The summed E-state index contributed by atoms with van der Waals surface area (Å²) >= 11 is 0. The summed E-state index contributed by atoms with van der Waals surface area (Å²) < 4.78 is 5.55. The quantitative estimate of drug-likeness (QED) is 0.837. The Morgan fingerprint density at radius 3 is 2.67 bits per heavy atom. The van der Waals surface area contributed by atoms with Gasteiger partial charge in [0.05, 0.1) is 18.3 Å². The van der Waals surface area contributed by atoms with Crippen molar-refractivity contribution in [3.63, 3.8) is 0 Å². The Hall–Kier alpha value is -1.26. The molecule has 0 aromatic heterocycles. The first-order valence-electron chi connectivity index (χ1n) is 5.97. The summed E-state index contributed by atoms with van der Waals surface area (Å²) in [4.78, 5) is 11.7. The molecule has 102 valence electrons. The Bertz CT molecular complexity index is 372. The van der Waals surface area contributed by atoms with E-state index in [0.717, 1.165) is 6.42 Å². The minimum atomic E-state index is -0.478. The Labute approximate surface area is 114 Å². The van der Waals surface area contributed by atoms with E-state index in [1.165, 1.54) is 0 Å². The Balaban J connectivity index is 0.00000289. The van der Waals surface area contributed by atoms with Gasteiger partial charge in [-0.15, -0.1) is 12.4 Å². The Morgan fingerprint density at radius 2 is 2.06 bits per heavy atom. The summed E-state index contributed by atoms with van der Waals surface area (Å²) in [6, 6.07) is 6.90. The molecule has 0 heterocycles. The molecule has 0 saturated heterocycles. The van der Waals surface area contributed by atoms with Crippen LogP contribution < -0.4 is 15.8 Å². The molecule has 1 atom stereocenters. The van der Waals surface area contributed by atoms with Crippen molar-refractivity contribution in [1.82, 2.24) is 0 Å². The number of hydrogen-bond acceptors (Lipinski definition) is 3.